The van der Waals surface area contributed by atoms with Gasteiger partial charge >= 0.3 is 25.0 Å². The Morgan fingerprint density at radius 3 is 0.957 bits per heavy atom. The second kappa shape index (κ2) is 46.6. The number of ether oxygens (including phenoxy) is 2. The summed E-state index contributed by atoms with van der Waals surface area (Å²) >= 11 is 30.3. The molecule has 5 heterocycles. The van der Waals surface area contributed by atoms with Gasteiger partial charge in [0, 0.05) is 66.3 Å². The highest BCUT2D eigenvalue weighted by Crippen LogP contribution is 2.50. The number of carboxylic acids is 1. The lowest BCUT2D eigenvalue weighted by molar-refractivity contribution is -0.161. The number of carbonyl (C=O) groups is 7. The average Bonchev–Trinajstić information content (AvgIpc) is 1.63. The summed E-state index contributed by atoms with van der Waals surface area (Å²) in [5.41, 5.74) is 16.8. The molecule has 5 N–H and O–H groups in total. The van der Waals surface area contributed by atoms with Gasteiger partial charge in [-0.2, -0.15) is 43.0 Å². The third-order valence-corrected chi connectivity index (χ3v) is 31.0. The highest BCUT2D eigenvalue weighted by molar-refractivity contribution is 14.1. The first-order chi connectivity index (χ1) is 65.0. The lowest BCUT2D eigenvalue weighted by Crippen LogP contribution is -2.41. The number of aliphatic hydroxyl groups is 4. The predicted molar refractivity (Wildman–Crippen MR) is 565 cm³/mol. The van der Waals surface area contributed by atoms with E-state index in [-0.39, 0.29) is 106 Å². The van der Waals surface area contributed by atoms with Crippen LogP contribution in [0.2, 0.25) is 20.1 Å². The van der Waals surface area contributed by atoms with E-state index in [0.717, 1.165) is 193 Å². The molecular formula is C107H134BCl4FI2N8O16S. The summed E-state index contributed by atoms with van der Waals surface area (Å²) in [6, 6.07) is 22.5. The van der Waals surface area contributed by atoms with Crippen molar-refractivity contribution in [1.29, 1.82) is 0 Å². The third kappa shape index (κ3) is 25.9. The molecule has 756 valence electrons. The Bertz CT molecular complexity index is 5900. The van der Waals surface area contributed by atoms with Crippen LogP contribution in [0.3, 0.4) is 0 Å². The Morgan fingerprint density at radius 1 is 0.421 bits per heavy atom. The first kappa shape index (κ1) is 112. The molecule has 8 aromatic rings. The molecule has 4 aromatic heterocycles. The molecule has 0 spiro atoms. The molecule has 5 fully saturated rings. The van der Waals surface area contributed by atoms with Crippen LogP contribution in [0.25, 0.3) is 11.1 Å². The van der Waals surface area contributed by atoms with Crippen LogP contribution in [0.1, 0.15) is 370 Å². The van der Waals surface area contributed by atoms with Crippen LogP contribution in [0.4, 0.5) is 3.89 Å². The van der Waals surface area contributed by atoms with Crippen molar-refractivity contribution in [1.82, 2.24) is 39.1 Å². The SMILES string of the molecule is C.C.C.CC(C)(C)OC(=O)C1CC=C(B2OC(C)(C)C(C)(C)O2)CC1.CC(C)(C)OC(=O)C1CC=C(c2nn(C(=O)c3c(Cl)cccc3C3CC3)c3c2CCC(O)C3)CC1.CSF.O=C(O)C1CC=C(c2nn(C(=O)c3c(Cl)cccc3C3CC3)c3c2CCC(O)C3)CC1.O=C(c1c(Cl)cccc1C1CC1)n1nc(I)c2c1CC(O)CC2.O=C(c1c(Cl)cccc1C1CC1)n1nc(I)c2c1CC(O)CC2. The van der Waals surface area contributed by atoms with Crippen molar-refractivity contribution < 1.29 is 81.8 Å². The van der Waals surface area contributed by atoms with Gasteiger partial charge in [0.25, 0.3) is 23.6 Å². The number of fused-ring (bicyclic) bond motifs is 4. The molecule has 0 radical (unpaired) electrons. The van der Waals surface area contributed by atoms with E-state index in [9.17, 15) is 63.0 Å². The van der Waals surface area contributed by atoms with Gasteiger partial charge in [0.15, 0.2) is 0 Å². The van der Waals surface area contributed by atoms with E-state index in [2.05, 4.69) is 95.2 Å². The number of halogens is 7. The zero-order chi connectivity index (χ0) is 98.3. The normalized spacial score (nSPS) is 21.9. The van der Waals surface area contributed by atoms with Crippen LogP contribution in [-0.2, 0) is 84.5 Å². The van der Waals surface area contributed by atoms with Crippen molar-refractivity contribution in [2.45, 2.75) is 348 Å². The summed E-state index contributed by atoms with van der Waals surface area (Å²) in [6.45, 7) is 19.6. The van der Waals surface area contributed by atoms with Crippen molar-refractivity contribution in [3.05, 3.63) is 225 Å². The van der Waals surface area contributed by atoms with Crippen LogP contribution in [-0.4, -0.2) is 166 Å². The number of benzene rings is 4. The number of hydrogen-bond donors (Lipinski definition) is 5. The van der Waals surface area contributed by atoms with E-state index in [1.54, 1.807) is 24.3 Å². The highest BCUT2D eigenvalue weighted by Gasteiger charge is 2.53. The van der Waals surface area contributed by atoms with Crippen molar-refractivity contribution >= 4 is 164 Å². The summed E-state index contributed by atoms with van der Waals surface area (Å²) in [6.07, 6.45) is 27.6. The summed E-state index contributed by atoms with van der Waals surface area (Å²) < 4.78 is 41.0. The van der Waals surface area contributed by atoms with Crippen molar-refractivity contribution in [2.24, 2.45) is 17.8 Å². The number of allylic oxidation sites excluding steroid dienone is 6. The Balaban J connectivity index is 0.000000156. The van der Waals surface area contributed by atoms with Gasteiger partial charge in [0.05, 0.1) is 130 Å². The number of nitrogens with zero attached hydrogens (tertiary/aromatic N) is 8. The van der Waals surface area contributed by atoms with E-state index < -0.39 is 41.6 Å². The highest BCUT2D eigenvalue weighted by atomic mass is 127. The number of aliphatic carboxylic acids is 1. The number of hydrogen-bond acceptors (Lipinski definition) is 20. The molecule has 7 unspecified atom stereocenters. The maximum Gasteiger partial charge on any atom is 0.490 e. The molecule has 20 rings (SSSR count). The van der Waals surface area contributed by atoms with Crippen molar-refractivity contribution in [3.8, 4) is 0 Å². The zero-order valence-electron chi connectivity index (χ0n) is 79.5. The number of aliphatic hydroxyl groups excluding tert-OH is 4. The minimum Gasteiger partial charge on any atom is -0.481 e. The molecule has 24 nitrogen and oxygen atoms in total. The van der Waals surface area contributed by atoms with Crippen LogP contribution in [0.5, 0.6) is 0 Å². The topological polar surface area (TPSA) is 329 Å². The van der Waals surface area contributed by atoms with Gasteiger partial charge in [0.2, 0.25) is 0 Å². The summed E-state index contributed by atoms with van der Waals surface area (Å²) in [7, 11) is -0.287. The quantitative estimate of drug-likeness (QED) is 0.0383. The smallest absolute Gasteiger partial charge is 0.481 e. The van der Waals surface area contributed by atoms with Gasteiger partial charge in [-0.05, 0) is 362 Å². The lowest BCUT2D eigenvalue weighted by atomic mass is 9.70. The molecule has 12 aliphatic rings. The summed E-state index contributed by atoms with van der Waals surface area (Å²) in [5.74, 6) is -0.833. The van der Waals surface area contributed by atoms with Crippen LogP contribution < -0.4 is 0 Å². The van der Waals surface area contributed by atoms with E-state index in [1.165, 1.54) is 25.0 Å². The minimum atomic E-state index is -0.771. The van der Waals surface area contributed by atoms with E-state index >= 15 is 0 Å². The fourth-order valence-electron chi connectivity index (χ4n) is 19.5. The molecule has 0 amide bonds. The molecule has 1 saturated heterocycles. The third-order valence-electron chi connectivity index (χ3n) is 28.0. The lowest BCUT2D eigenvalue weighted by Gasteiger charge is -2.32. The first-order valence-corrected chi connectivity index (χ1v) is 52.9. The number of aromatic nitrogens is 8. The maximum atomic E-state index is 13.8. The van der Waals surface area contributed by atoms with Crippen LogP contribution >= 0.6 is 104 Å². The Morgan fingerprint density at radius 2 is 0.693 bits per heavy atom. The molecule has 11 aliphatic carbocycles. The van der Waals surface area contributed by atoms with E-state index in [1.807, 2.05) is 96.1 Å². The van der Waals surface area contributed by atoms with Gasteiger partial charge in [-0.3, -0.25) is 33.6 Å². The molecule has 1 aliphatic heterocycles. The van der Waals surface area contributed by atoms with Gasteiger partial charge in [-0.1, -0.05) is 135 Å². The number of carbonyl (C=O) groups excluding carboxylic acids is 6. The monoisotopic (exact) mass is 2240 g/mol. The molecule has 33 heteroatoms. The van der Waals surface area contributed by atoms with Gasteiger partial charge < -0.3 is 44.3 Å². The van der Waals surface area contributed by atoms with Gasteiger partial charge in [0.1, 0.15) is 18.6 Å². The summed E-state index contributed by atoms with van der Waals surface area (Å²) in [5, 5.41) is 70.2. The Labute approximate surface area is 874 Å². The number of esters is 2. The Hall–Kier alpha value is -7.25. The average molecular weight is 2250 g/mol. The first-order valence-electron chi connectivity index (χ1n) is 48.1. The predicted octanol–water partition coefficient (Wildman–Crippen LogP) is 23.6. The van der Waals surface area contributed by atoms with E-state index in [4.69, 9.17) is 75.4 Å². The molecule has 4 aromatic carbocycles. The standard InChI is InChI=1S/C28H33ClN2O4.C24H25ClN2O4.C17H29BO4.2C17H16ClIN2O2.CH3FS.3CH4/c1-28(2,3)35-27(34)18-11-9-17(10-12-18)25-21-14-13-19(32)15-23(21)31(30-25)26(33)24-20(16-7-8-16)5-4-6-22(24)29;25-19-3-1-2-17(13-4-5-13)21(19)23(29)27-20-12-16(28)10-11-18(20)22(26-27)14-6-8-15(9-7-14)24(30)31;1-15(2,3)20-14(19)12-8-10-13(11-9-12)18-21-16(4,5)17(6,7)22-18;2*18-13-3-1-2-11(9-4-5-9)15(13)17(23)21-14-8-10(22)6-7-12(14)16(19)20-21;1-3-2;;;/h4-6,9,16,18-19,32H,7-8,10-15H2,1-3H3;1-3,6,13,15-16,28H,4-5,7-12H2,(H,30,31);10,12H,8-9,11H2,1-7H3;2*1-3,9-10,22H,4-8H2;1H3;3*1H4. The van der Waals surface area contributed by atoms with Crippen molar-refractivity contribution in [3.63, 3.8) is 0 Å². The molecule has 7 atom stereocenters. The molecule has 4 saturated carbocycles. The molecule has 140 heavy (non-hydrogen) atoms. The largest absolute Gasteiger partial charge is 0.490 e. The molecular weight excluding hydrogens is 2110 g/mol. The van der Waals surface area contributed by atoms with Crippen LogP contribution in [0.15, 0.2) is 96.5 Å². The minimum absolute atomic E-state index is 0. The second-order valence-electron chi connectivity index (χ2n) is 41.1. The summed E-state index contributed by atoms with van der Waals surface area (Å²) in [4.78, 5) is 89.8. The number of carboxylic acid groups (broad SMARTS) is 1. The van der Waals surface area contributed by atoms with Crippen molar-refractivity contribution in [2.75, 3.05) is 6.26 Å². The van der Waals surface area contributed by atoms with E-state index in [0.29, 0.717) is 162 Å². The van der Waals surface area contributed by atoms with Gasteiger partial charge in [-0.15, -0.1) is 0 Å². The van der Waals surface area contributed by atoms with Crippen LogP contribution in [0, 0.1) is 25.2 Å². The Kier molecular flexibility index (Phi) is 37.2. The maximum absolute atomic E-state index is 13.8. The number of rotatable bonds is 14. The molecule has 0 bridgehead atoms. The fraction of sp³-hybridized carbons (Fsp3) is 0.542. The second-order valence-corrected chi connectivity index (χ2v) is 45.1. The van der Waals surface area contributed by atoms with Gasteiger partial charge in [-0.25, -0.2) is 0 Å². The zero-order valence-corrected chi connectivity index (χ0v) is 87.6. The fourth-order valence-corrected chi connectivity index (χ4v) is 22.1.